The summed E-state index contributed by atoms with van der Waals surface area (Å²) >= 11 is 0. The molecule has 22 heavy (non-hydrogen) atoms. The van der Waals surface area contributed by atoms with Crippen molar-refractivity contribution in [2.24, 2.45) is 0 Å². The van der Waals surface area contributed by atoms with Gasteiger partial charge in [0.2, 0.25) is 0 Å². The Morgan fingerprint density at radius 2 is 1.91 bits per heavy atom. The number of methoxy groups -OCH3 is 1. The quantitative estimate of drug-likeness (QED) is 0.862. The lowest BCUT2D eigenvalue weighted by atomic mass is 10.1. The van der Waals surface area contributed by atoms with Crippen LogP contribution >= 0.6 is 12.4 Å². The second-order valence-electron chi connectivity index (χ2n) is 5.42. The Bertz CT molecular complexity index is 488. The summed E-state index contributed by atoms with van der Waals surface area (Å²) in [6.45, 7) is 8.68. The molecule has 0 saturated carbocycles. The molecule has 0 aliphatic carbocycles. The van der Waals surface area contributed by atoms with Crippen molar-refractivity contribution in [3.63, 3.8) is 0 Å². The van der Waals surface area contributed by atoms with Crippen molar-refractivity contribution in [3.8, 4) is 0 Å². The van der Waals surface area contributed by atoms with Crippen LogP contribution in [0.5, 0.6) is 0 Å². The second-order valence-corrected chi connectivity index (χ2v) is 5.42. The summed E-state index contributed by atoms with van der Waals surface area (Å²) in [5.74, 6) is 0. The van der Waals surface area contributed by atoms with Crippen LogP contribution in [0.3, 0.4) is 0 Å². The van der Waals surface area contributed by atoms with Crippen LogP contribution in [-0.4, -0.2) is 57.4 Å². The largest absolute Gasteiger partial charge is 0.383 e. The van der Waals surface area contributed by atoms with Crippen LogP contribution in [-0.2, 0) is 4.74 Å². The molecule has 2 amide bonds. The Balaban J connectivity index is 0.00000242. The smallest absolute Gasteiger partial charge is 0.317 e. The maximum Gasteiger partial charge on any atom is 0.317 e. The number of nitrogens with zero attached hydrogens (tertiary/aromatic N) is 2. The maximum absolute atomic E-state index is 12.0. The minimum absolute atomic E-state index is 0. The molecular weight excluding hydrogens is 302 g/mol. The van der Waals surface area contributed by atoms with E-state index in [4.69, 9.17) is 4.74 Å². The van der Waals surface area contributed by atoms with E-state index in [0.29, 0.717) is 13.2 Å². The van der Waals surface area contributed by atoms with Gasteiger partial charge in [0.1, 0.15) is 0 Å². The molecule has 1 aromatic rings. The number of rotatable bonds is 4. The van der Waals surface area contributed by atoms with Gasteiger partial charge in [-0.3, -0.25) is 0 Å². The standard InChI is InChI=1S/C16H25N3O2.ClH/c1-13-5-4-6-15(14(13)2)18-8-10-19(11-9-18)16(20)17-7-12-21-3;/h4-6H,7-12H2,1-3H3,(H,17,20);1H. The van der Waals surface area contributed by atoms with Gasteiger partial charge in [0, 0.05) is 45.5 Å². The average molecular weight is 328 g/mol. The van der Waals surface area contributed by atoms with Crippen molar-refractivity contribution in [2.45, 2.75) is 13.8 Å². The number of hydrogen-bond donors (Lipinski definition) is 1. The number of nitrogens with one attached hydrogen (secondary N) is 1. The van der Waals surface area contributed by atoms with Crippen molar-refractivity contribution in [1.29, 1.82) is 0 Å². The number of urea groups is 1. The number of benzene rings is 1. The molecule has 0 aromatic heterocycles. The van der Waals surface area contributed by atoms with Crippen LogP contribution < -0.4 is 10.2 Å². The highest BCUT2D eigenvalue weighted by atomic mass is 35.5. The molecule has 0 bridgehead atoms. The average Bonchev–Trinajstić information content (AvgIpc) is 2.50. The molecule has 1 aliphatic heterocycles. The Hall–Kier alpha value is -1.46. The third-order valence-corrected chi connectivity index (χ3v) is 4.07. The van der Waals surface area contributed by atoms with Gasteiger partial charge in [-0.2, -0.15) is 0 Å². The van der Waals surface area contributed by atoms with Crippen molar-refractivity contribution in [1.82, 2.24) is 10.2 Å². The van der Waals surface area contributed by atoms with Gasteiger partial charge in [0.05, 0.1) is 6.61 Å². The molecule has 0 atom stereocenters. The first-order chi connectivity index (χ1) is 10.1. The van der Waals surface area contributed by atoms with E-state index >= 15 is 0 Å². The Labute approximate surface area is 139 Å². The van der Waals surface area contributed by atoms with Gasteiger partial charge >= 0.3 is 6.03 Å². The molecule has 124 valence electrons. The normalized spacial score (nSPS) is 14.5. The highest BCUT2D eigenvalue weighted by molar-refractivity contribution is 5.85. The van der Waals surface area contributed by atoms with E-state index in [-0.39, 0.29) is 18.4 Å². The van der Waals surface area contributed by atoms with Gasteiger partial charge in [-0.15, -0.1) is 12.4 Å². The molecular formula is C16H26ClN3O2. The number of hydrogen-bond acceptors (Lipinski definition) is 3. The van der Waals surface area contributed by atoms with Crippen molar-refractivity contribution in [2.75, 3.05) is 51.3 Å². The summed E-state index contributed by atoms with van der Waals surface area (Å²) in [6, 6.07) is 6.41. The van der Waals surface area contributed by atoms with Crippen LogP contribution in [0.4, 0.5) is 10.5 Å². The molecule has 6 heteroatoms. The number of piperazine rings is 1. The van der Waals surface area contributed by atoms with Crippen LogP contribution in [0.1, 0.15) is 11.1 Å². The monoisotopic (exact) mass is 327 g/mol. The lowest BCUT2D eigenvalue weighted by Gasteiger charge is -2.37. The van der Waals surface area contributed by atoms with E-state index in [2.05, 4.69) is 42.3 Å². The Morgan fingerprint density at radius 3 is 2.55 bits per heavy atom. The molecule has 1 aromatic carbocycles. The lowest BCUT2D eigenvalue weighted by molar-refractivity contribution is 0.177. The van der Waals surface area contributed by atoms with Crippen molar-refractivity contribution >= 4 is 24.1 Å². The van der Waals surface area contributed by atoms with E-state index in [1.54, 1.807) is 7.11 Å². The van der Waals surface area contributed by atoms with Gasteiger partial charge in [-0.1, -0.05) is 12.1 Å². The molecule has 1 fully saturated rings. The van der Waals surface area contributed by atoms with E-state index in [1.807, 2.05) is 4.90 Å². The summed E-state index contributed by atoms with van der Waals surface area (Å²) < 4.78 is 4.94. The molecule has 0 unspecified atom stereocenters. The lowest BCUT2D eigenvalue weighted by Crippen LogP contribution is -2.52. The van der Waals surface area contributed by atoms with E-state index < -0.39 is 0 Å². The molecule has 1 aliphatic rings. The highest BCUT2D eigenvalue weighted by Gasteiger charge is 2.21. The Morgan fingerprint density at radius 1 is 1.23 bits per heavy atom. The summed E-state index contributed by atoms with van der Waals surface area (Å²) in [6.07, 6.45) is 0. The third kappa shape index (κ3) is 4.52. The second kappa shape index (κ2) is 8.86. The van der Waals surface area contributed by atoms with E-state index in [1.165, 1.54) is 16.8 Å². The zero-order valence-electron chi connectivity index (χ0n) is 13.6. The molecule has 1 heterocycles. The minimum atomic E-state index is 0. The van der Waals surface area contributed by atoms with Crippen LogP contribution in [0.15, 0.2) is 18.2 Å². The molecule has 1 saturated heterocycles. The number of amides is 2. The van der Waals surface area contributed by atoms with Gasteiger partial charge in [0.25, 0.3) is 0 Å². The van der Waals surface area contributed by atoms with Crippen molar-refractivity contribution < 1.29 is 9.53 Å². The molecule has 0 radical (unpaired) electrons. The number of aryl methyl sites for hydroxylation is 1. The van der Waals surface area contributed by atoms with Gasteiger partial charge in [-0.25, -0.2) is 4.79 Å². The molecule has 0 spiro atoms. The predicted molar refractivity (Wildman–Crippen MR) is 92.2 cm³/mol. The zero-order valence-corrected chi connectivity index (χ0v) is 14.4. The fraction of sp³-hybridized carbons (Fsp3) is 0.562. The van der Waals surface area contributed by atoms with Gasteiger partial charge < -0.3 is 19.9 Å². The van der Waals surface area contributed by atoms with Gasteiger partial charge in [0.15, 0.2) is 0 Å². The first kappa shape index (κ1) is 18.6. The summed E-state index contributed by atoms with van der Waals surface area (Å²) in [5, 5.41) is 2.87. The van der Waals surface area contributed by atoms with Crippen LogP contribution in [0, 0.1) is 13.8 Å². The topological polar surface area (TPSA) is 44.8 Å². The molecule has 5 nitrogen and oxygen atoms in total. The first-order valence-corrected chi connectivity index (χ1v) is 7.46. The number of ether oxygens (including phenoxy) is 1. The van der Waals surface area contributed by atoms with E-state index in [0.717, 1.165) is 26.2 Å². The third-order valence-electron chi connectivity index (χ3n) is 4.07. The highest BCUT2D eigenvalue weighted by Crippen LogP contribution is 2.23. The summed E-state index contributed by atoms with van der Waals surface area (Å²) in [7, 11) is 1.63. The van der Waals surface area contributed by atoms with Crippen LogP contribution in [0.2, 0.25) is 0 Å². The number of anilines is 1. The van der Waals surface area contributed by atoms with E-state index in [9.17, 15) is 4.79 Å². The Kier molecular flexibility index (Phi) is 7.48. The fourth-order valence-corrected chi connectivity index (χ4v) is 2.60. The molecule has 2 rings (SSSR count). The molecule has 1 N–H and O–H groups in total. The van der Waals surface area contributed by atoms with Crippen LogP contribution in [0.25, 0.3) is 0 Å². The SMILES string of the molecule is COCCNC(=O)N1CCN(c2cccc(C)c2C)CC1.Cl. The predicted octanol–water partition coefficient (Wildman–Crippen LogP) is 2.20. The fourth-order valence-electron chi connectivity index (χ4n) is 2.60. The van der Waals surface area contributed by atoms with Gasteiger partial charge in [-0.05, 0) is 31.0 Å². The van der Waals surface area contributed by atoms with Crippen molar-refractivity contribution in [3.05, 3.63) is 29.3 Å². The number of carbonyl (C=O) groups excluding carboxylic acids is 1. The number of halogens is 1. The first-order valence-electron chi connectivity index (χ1n) is 7.46. The summed E-state index contributed by atoms with van der Waals surface area (Å²) in [5.41, 5.74) is 3.93. The minimum Gasteiger partial charge on any atom is -0.383 e. The summed E-state index contributed by atoms with van der Waals surface area (Å²) in [4.78, 5) is 16.2. The maximum atomic E-state index is 12.0. The zero-order chi connectivity index (χ0) is 15.2. The number of carbonyl (C=O) groups is 1.